The van der Waals surface area contributed by atoms with Gasteiger partial charge in [-0.3, -0.25) is 27.1 Å². The normalized spacial score (nSPS) is 28.0. The molecule has 0 radical (unpaired) electrons. The van der Waals surface area contributed by atoms with E-state index in [0.717, 1.165) is 12.8 Å². The zero-order chi connectivity index (χ0) is 25.6. The van der Waals surface area contributed by atoms with Crippen LogP contribution in [0.25, 0.3) is 0 Å². The molecule has 0 spiro atoms. The summed E-state index contributed by atoms with van der Waals surface area (Å²) in [5, 5.41) is 17.5. The first-order valence-corrected chi connectivity index (χ1v) is 14.5. The lowest BCUT2D eigenvalue weighted by Gasteiger charge is -2.30. The molecule has 2 rings (SSSR count). The van der Waals surface area contributed by atoms with Gasteiger partial charge in [-0.2, -0.15) is 10.5 Å². The van der Waals surface area contributed by atoms with E-state index >= 15 is 0 Å². The minimum Gasteiger partial charge on any atom is -0.370 e. The van der Waals surface area contributed by atoms with Gasteiger partial charge in [-0.15, -0.1) is 0 Å². The lowest BCUT2D eigenvalue weighted by atomic mass is 10.1. The predicted molar refractivity (Wildman–Crippen MR) is 120 cm³/mol. The number of ether oxygens (including phenoxy) is 3. The van der Waals surface area contributed by atoms with Crippen LogP contribution in [0.4, 0.5) is 0 Å². The van der Waals surface area contributed by atoms with Crippen LogP contribution in [0.3, 0.4) is 0 Å². The molecule has 0 aromatic carbocycles. The van der Waals surface area contributed by atoms with Crippen molar-refractivity contribution in [3.05, 3.63) is 0 Å². The van der Waals surface area contributed by atoms with Crippen molar-refractivity contribution < 1.29 is 50.5 Å². The third-order valence-electron chi connectivity index (χ3n) is 4.82. The Bertz CT molecular complexity index is 797. The van der Waals surface area contributed by atoms with Crippen molar-refractivity contribution in [3.8, 4) is 12.1 Å². The first kappa shape index (κ1) is 30.3. The molecule has 2 heterocycles. The van der Waals surface area contributed by atoms with Crippen LogP contribution in [0, 0.1) is 22.7 Å². The van der Waals surface area contributed by atoms with Crippen molar-refractivity contribution in [2.45, 2.75) is 70.6 Å². The molecule has 0 aliphatic carbocycles. The maximum absolute atomic E-state index is 13.2. The van der Waals surface area contributed by atoms with E-state index in [1.807, 2.05) is 12.1 Å². The van der Waals surface area contributed by atoms with Crippen LogP contribution in [0.5, 0.6) is 0 Å². The van der Waals surface area contributed by atoms with Crippen LogP contribution in [0.1, 0.15) is 46.0 Å². The lowest BCUT2D eigenvalue weighted by molar-refractivity contribution is -0.199. The van der Waals surface area contributed by atoms with Gasteiger partial charge < -0.3 is 14.2 Å². The molecule has 2 aliphatic heterocycles. The molecule has 0 bridgehead atoms. The average Bonchev–Trinajstić information content (AvgIpc) is 3.20. The summed E-state index contributed by atoms with van der Waals surface area (Å²) in [6.45, 7) is 3.31. The number of hydrogen-bond acceptors (Lipinski definition) is 13. The quantitative estimate of drug-likeness (QED) is 0.193. The first-order chi connectivity index (χ1) is 16.9. The average molecular weight is 540 g/mol. The molecule has 15 heteroatoms. The molecular formula is C20H34N2O11P2. The molecule has 0 N–H and O–H groups in total. The minimum atomic E-state index is -4.10. The Morgan fingerprint density at radius 2 is 1.54 bits per heavy atom. The van der Waals surface area contributed by atoms with Crippen molar-refractivity contribution in [3.63, 3.8) is 0 Å². The molecule has 0 amide bonds. The third-order valence-corrected chi connectivity index (χ3v) is 7.93. The van der Waals surface area contributed by atoms with Crippen LogP contribution >= 0.6 is 15.6 Å². The maximum atomic E-state index is 13.2. The summed E-state index contributed by atoms with van der Waals surface area (Å²) in [6, 6.07) is 3.78. The van der Waals surface area contributed by atoms with E-state index in [-0.39, 0.29) is 52.5 Å². The minimum absolute atomic E-state index is 0.000958. The lowest BCUT2D eigenvalue weighted by Crippen LogP contribution is -2.40. The molecule has 2 aliphatic rings. The summed E-state index contributed by atoms with van der Waals surface area (Å²) >= 11 is 0. The van der Waals surface area contributed by atoms with E-state index in [0.29, 0.717) is 13.0 Å². The zero-order valence-corrected chi connectivity index (χ0v) is 21.9. The Morgan fingerprint density at radius 1 is 0.886 bits per heavy atom. The number of phosphoric acid groups is 2. The van der Waals surface area contributed by atoms with E-state index in [9.17, 15) is 9.13 Å². The fraction of sp³-hybridized carbons (Fsp3) is 0.900. The summed E-state index contributed by atoms with van der Waals surface area (Å²) in [4.78, 5) is 0. The van der Waals surface area contributed by atoms with Crippen molar-refractivity contribution in [1.29, 1.82) is 10.5 Å². The van der Waals surface area contributed by atoms with Gasteiger partial charge in [0.1, 0.15) is 18.3 Å². The highest BCUT2D eigenvalue weighted by Gasteiger charge is 2.47. The number of nitrogens with zero attached hydrogens (tertiary/aromatic N) is 2. The molecule has 35 heavy (non-hydrogen) atoms. The Hall–Kier alpha value is -0.920. The van der Waals surface area contributed by atoms with E-state index in [2.05, 4.69) is 0 Å². The van der Waals surface area contributed by atoms with Crippen LogP contribution in [-0.2, 0) is 50.5 Å². The van der Waals surface area contributed by atoms with E-state index < -0.39 is 40.2 Å². The standard InChI is InChI=1S/C20H34N2O11P2/c1-3-27-34(23,29-13-7-10-21)31-16-17-20(33-35(24,28-4-2)30-14-8-11-22)18(15-26-17)32-19-9-5-6-12-25-19/h17-20H,3-9,12-16H2,1-2H3/t17-,18+,19?,20-,34?,35?/m1/s1. The number of phosphoric ester groups is 2. The highest BCUT2D eigenvalue weighted by atomic mass is 31.2. The fourth-order valence-electron chi connectivity index (χ4n) is 3.30. The van der Waals surface area contributed by atoms with Crippen LogP contribution in [-0.4, -0.2) is 70.9 Å². The molecule has 6 atom stereocenters. The highest BCUT2D eigenvalue weighted by Crippen LogP contribution is 2.53. The molecule has 0 aromatic rings. The summed E-state index contributed by atoms with van der Waals surface area (Å²) in [7, 11) is -8.09. The van der Waals surface area contributed by atoms with Gasteiger partial charge >= 0.3 is 15.6 Å². The summed E-state index contributed by atoms with van der Waals surface area (Å²) < 4.78 is 75.6. The third kappa shape index (κ3) is 10.5. The Morgan fingerprint density at radius 3 is 2.14 bits per heavy atom. The van der Waals surface area contributed by atoms with Gasteiger partial charge in [-0.1, -0.05) is 0 Å². The Labute approximate surface area is 206 Å². The fourth-order valence-corrected chi connectivity index (χ4v) is 5.88. The maximum Gasteiger partial charge on any atom is 0.475 e. The molecule has 0 aromatic heterocycles. The van der Waals surface area contributed by atoms with E-state index in [1.165, 1.54) is 0 Å². The Kier molecular flexibility index (Phi) is 13.9. The van der Waals surface area contributed by atoms with Crippen molar-refractivity contribution in [1.82, 2.24) is 0 Å². The van der Waals surface area contributed by atoms with E-state index in [4.69, 9.17) is 51.9 Å². The van der Waals surface area contributed by atoms with Gasteiger partial charge in [0, 0.05) is 6.61 Å². The van der Waals surface area contributed by atoms with Crippen LogP contribution in [0.2, 0.25) is 0 Å². The van der Waals surface area contributed by atoms with Crippen molar-refractivity contribution >= 4 is 15.6 Å². The van der Waals surface area contributed by atoms with E-state index in [1.54, 1.807) is 13.8 Å². The number of rotatable bonds is 17. The second-order valence-electron chi connectivity index (χ2n) is 7.42. The molecular weight excluding hydrogens is 506 g/mol. The molecule has 200 valence electrons. The second-order valence-corrected chi connectivity index (χ2v) is 10.7. The molecule has 2 fully saturated rings. The van der Waals surface area contributed by atoms with Gasteiger partial charge in [-0.05, 0) is 33.1 Å². The predicted octanol–water partition coefficient (Wildman–Crippen LogP) is 3.85. The first-order valence-electron chi connectivity index (χ1n) is 11.6. The van der Waals surface area contributed by atoms with Gasteiger partial charge in [0.2, 0.25) is 0 Å². The molecule has 2 saturated heterocycles. The zero-order valence-electron chi connectivity index (χ0n) is 20.1. The number of hydrogen-bond donors (Lipinski definition) is 0. The molecule has 3 unspecified atom stereocenters. The van der Waals surface area contributed by atoms with Gasteiger partial charge in [0.15, 0.2) is 6.29 Å². The summed E-state index contributed by atoms with van der Waals surface area (Å²) in [6.07, 6.45) is -0.574. The monoisotopic (exact) mass is 540 g/mol. The summed E-state index contributed by atoms with van der Waals surface area (Å²) in [5.74, 6) is 0. The SMILES string of the molecule is CCOP(=O)(OCCC#N)OC[C@H]1OC[C@H](OC2CCCCO2)[C@@H]1OP(=O)(OCC)OCCC#N. The van der Waals surface area contributed by atoms with Crippen LogP contribution < -0.4 is 0 Å². The topological polar surface area (TPSA) is 165 Å². The Balaban J connectivity index is 2.14. The summed E-state index contributed by atoms with van der Waals surface area (Å²) in [5.41, 5.74) is 0. The van der Waals surface area contributed by atoms with Crippen molar-refractivity contribution in [2.24, 2.45) is 0 Å². The second kappa shape index (κ2) is 16.0. The van der Waals surface area contributed by atoms with Gasteiger partial charge in [-0.25, -0.2) is 9.13 Å². The highest BCUT2D eigenvalue weighted by molar-refractivity contribution is 7.48. The van der Waals surface area contributed by atoms with Gasteiger partial charge in [0.25, 0.3) is 0 Å². The molecule has 13 nitrogen and oxygen atoms in total. The largest absolute Gasteiger partial charge is 0.475 e. The number of nitriles is 2. The molecule has 0 saturated carbocycles. The van der Waals surface area contributed by atoms with Crippen LogP contribution in [0.15, 0.2) is 0 Å². The smallest absolute Gasteiger partial charge is 0.370 e. The van der Waals surface area contributed by atoms with Gasteiger partial charge in [0.05, 0.1) is 64.6 Å². The van der Waals surface area contributed by atoms with Crippen molar-refractivity contribution in [2.75, 3.05) is 46.2 Å².